The fraction of sp³-hybridized carbons (Fsp3) is 0.143. The third-order valence-corrected chi connectivity index (χ3v) is 5.00. The van der Waals surface area contributed by atoms with Gasteiger partial charge in [-0.25, -0.2) is 14.0 Å². The standard InChI is InChI=1S/C28H25FO4/c1-4-27(30)32-17-5-6-20-7-9-21(10-8-20)23-13-16-25(26(29)18-23)22-11-14-24(15-12-22)33-28(31)19(2)3/h4,7-16,18H,1-2,5-6,17H2,3H3. The van der Waals surface area contributed by atoms with Crippen molar-refractivity contribution in [3.05, 3.63) is 103 Å². The van der Waals surface area contributed by atoms with Crippen molar-refractivity contribution < 1.29 is 23.5 Å². The Labute approximate surface area is 193 Å². The van der Waals surface area contributed by atoms with E-state index in [9.17, 15) is 14.0 Å². The average molecular weight is 445 g/mol. The summed E-state index contributed by atoms with van der Waals surface area (Å²) in [6, 6.07) is 19.7. The van der Waals surface area contributed by atoms with Crippen molar-refractivity contribution in [2.75, 3.05) is 6.61 Å². The van der Waals surface area contributed by atoms with Crippen LogP contribution in [-0.4, -0.2) is 18.5 Å². The van der Waals surface area contributed by atoms with E-state index in [1.54, 1.807) is 37.3 Å². The van der Waals surface area contributed by atoms with Crippen LogP contribution in [0, 0.1) is 5.82 Å². The highest BCUT2D eigenvalue weighted by Crippen LogP contribution is 2.29. The number of benzene rings is 3. The summed E-state index contributed by atoms with van der Waals surface area (Å²) in [6.45, 7) is 8.83. The molecule has 3 aromatic rings. The molecule has 0 aromatic heterocycles. The minimum absolute atomic E-state index is 0.308. The van der Waals surface area contributed by atoms with Gasteiger partial charge in [-0.1, -0.05) is 61.7 Å². The van der Waals surface area contributed by atoms with Gasteiger partial charge in [0, 0.05) is 17.2 Å². The number of rotatable bonds is 9. The van der Waals surface area contributed by atoms with E-state index in [1.165, 1.54) is 6.07 Å². The number of halogens is 1. The quantitative estimate of drug-likeness (QED) is 0.168. The van der Waals surface area contributed by atoms with Crippen LogP contribution in [0.15, 0.2) is 91.5 Å². The third-order valence-electron chi connectivity index (χ3n) is 5.00. The Kier molecular flexibility index (Phi) is 7.92. The summed E-state index contributed by atoms with van der Waals surface area (Å²) in [6.07, 6.45) is 2.64. The molecule has 0 unspecified atom stereocenters. The summed E-state index contributed by atoms with van der Waals surface area (Å²) in [7, 11) is 0. The third kappa shape index (κ3) is 6.50. The number of carbonyl (C=O) groups is 2. The van der Waals surface area contributed by atoms with Gasteiger partial charge in [0.05, 0.1) is 6.61 Å². The molecule has 4 nitrogen and oxygen atoms in total. The number of carbonyl (C=O) groups excluding carboxylic acids is 2. The van der Waals surface area contributed by atoms with Gasteiger partial charge in [0.2, 0.25) is 0 Å². The van der Waals surface area contributed by atoms with Crippen LogP contribution >= 0.6 is 0 Å². The fourth-order valence-electron chi connectivity index (χ4n) is 3.20. The van der Waals surface area contributed by atoms with Gasteiger partial charge in [-0.15, -0.1) is 0 Å². The zero-order valence-electron chi connectivity index (χ0n) is 18.5. The minimum Gasteiger partial charge on any atom is -0.463 e. The van der Waals surface area contributed by atoms with Gasteiger partial charge < -0.3 is 9.47 Å². The highest BCUT2D eigenvalue weighted by atomic mass is 19.1. The Balaban J connectivity index is 1.65. The molecular formula is C28H25FO4. The summed E-state index contributed by atoms with van der Waals surface area (Å²) in [4.78, 5) is 22.7. The Morgan fingerprint density at radius 3 is 2.18 bits per heavy atom. The Bertz CT molecular complexity index is 1160. The maximum absolute atomic E-state index is 14.9. The van der Waals surface area contributed by atoms with Crippen LogP contribution in [0.5, 0.6) is 5.75 Å². The van der Waals surface area contributed by atoms with E-state index < -0.39 is 11.9 Å². The lowest BCUT2D eigenvalue weighted by molar-refractivity contribution is -0.137. The monoisotopic (exact) mass is 444 g/mol. The number of ether oxygens (including phenoxy) is 2. The van der Waals surface area contributed by atoms with Crippen LogP contribution < -0.4 is 4.74 Å². The first-order chi connectivity index (χ1) is 15.9. The Morgan fingerprint density at radius 2 is 1.58 bits per heavy atom. The van der Waals surface area contributed by atoms with E-state index in [4.69, 9.17) is 9.47 Å². The van der Waals surface area contributed by atoms with Crippen LogP contribution in [-0.2, 0) is 20.7 Å². The second-order valence-corrected chi connectivity index (χ2v) is 7.56. The second kappa shape index (κ2) is 11.0. The molecule has 0 saturated carbocycles. The van der Waals surface area contributed by atoms with Crippen molar-refractivity contribution in [1.82, 2.24) is 0 Å². The first-order valence-corrected chi connectivity index (χ1v) is 10.5. The Morgan fingerprint density at radius 1 is 0.939 bits per heavy atom. The highest BCUT2D eigenvalue weighted by molar-refractivity contribution is 5.88. The lowest BCUT2D eigenvalue weighted by Crippen LogP contribution is -2.07. The maximum Gasteiger partial charge on any atom is 0.338 e. The predicted molar refractivity (Wildman–Crippen MR) is 127 cm³/mol. The predicted octanol–water partition coefficient (Wildman–Crippen LogP) is 6.30. The van der Waals surface area contributed by atoms with Crippen molar-refractivity contribution in [2.45, 2.75) is 19.8 Å². The molecular weight excluding hydrogens is 419 g/mol. The molecule has 3 aromatic carbocycles. The van der Waals surface area contributed by atoms with Crippen LogP contribution in [0.3, 0.4) is 0 Å². The van der Waals surface area contributed by atoms with E-state index in [0.29, 0.717) is 35.5 Å². The molecule has 0 radical (unpaired) electrons. The molecule has 5 heteroatoms. The van der Waals surface area contributed by atoms with Gasteiger partial charge in [-0.05, 0) is 60.2 Å². The molecule has 0 heterocycles. The molecule has 0 aliphatic rings. The van der Waals surface area contributed by atoms with Gasteiger partial charge in [0.15, 0.2) is 0 Å². The summed E-state index contributed by atoms with van der Waals surface area (Å²) in [5, 5.41) is 0. The molecule has 0 atom stereocenters. The van der Waals surface area contributed by atoms with E-state index >= 15 is 0 Å². The topological polar surface area (TPSA) is 52.6 Å². The van der Waals surface area contributed by atoms with Gasteiger partial charge in [-0.2, -0.15) is 0 Å². The summed E-state index contributed by atoms with van der Waals surface area (Å²) < 4.78 is 25.0. The molecule has 0 aliphatic carbocycles. The molecule has 33 heavy (non-hydrogen) atoms. The number of esters is 2. The molecule has 0 bridgehead atoms. The van der Waals surface area contributed by atoms with Crippen LogP contribution in [0.4, 0.5) is 4.39 Å². The second-order valence-electron chi connectivity index (χ2n) is 7.56. The average Bonchev–Trinajstić information content (AvgIpc) is 2.82. The first kappa shape index (κ1) is 23.7. The molecule has 0 amide bonds. The number of aryl methyl sites for hydroxylation is 1. The van der Waals surface area contributed by atoms with E-state index in [2.05, 4.69) is 13.2 Å². The molecule has 0 saturated heterocycles. The van der Waals surface area contributed by atoms with Crippen molar-refractivity contribution in [3.63, 3.8) is 0 Å². The SMILES string of the molecule is C=CC(=O)OCCCc1ccc(-c2ccc(-c3ccc(OC(=O)C(=C)C)cc3)c(F)c2)cc1. The smallest absolute Gasteiger partial charge is 0.338 e. The minimum atomic E-state index is -0.500. The van der Waals surface area contributed by atoms with Crippen molar-refractivity contribution in [2.24, 2.45) is 0 Å². The lowest BCUT2D eigenvalue weighted by atomic mass is 9.98. The fourth-order valence-corrected chi connectivity index (χ4v) is 3.20. The molecule has 0 spiro atoms. The van der Waals surface area contributed by atoms with Gasteiger partial charge >= 0.3 is 11.9 Å². The van der Waals surface area contributed by atoms with Crippen LogP contribution in [0.2, 0.25) is 0 Å². The molecule has 0 fully saturated rings. The molecule has 0 aliphatic heterocycles. The van der Waals surface area contributed by atoms with E-state index in [-0.39, 0.29) is 5.82 Å². The molecule has 3 rings (SSSR count). The van der Waals surface area contributed by atoms with Crippen molar-refractivity contribution >= 4 is 11.9 Å². The summed E-state index contributed by atoms with van der Waals surface area (Å²) in [5.74, 6) is -0.881. The largest absolute Gasteiger partial charge is 0.463 e. The number of hydrogen-bond donors (Lipinski definition) is 0. The lowest BCUT2D eigenvalue weighted by Gasteiger charge is -2.09. The van der Waals surface area contributed by atoms with Crippen molar-refractivity contribution in [3.8, 4) is 28.0 Å². The molecule has 0 N–H and O–H groups in total. The van der Waals surface area contributed by atoms with E-state index in [0.717, 1.165) is 29.2 Å². The Hall–Kier alpha value is -3.99. The normalized spacial score (nSPS) is 10.4. The van der Waals surface area contributed by atoms with E-state index in [1.807, 2.05) is 30.3 Å². The maximum atomic E-state index is 14.9. The highest BCUT2D eigenvalue weighted by Gasteiger charge is 2.10. The number of hydrogen-bond acceptors (Lipinski definition) is 4. The van der Waals surface area contributed by atoms with Crippen LogP contribution in [0.25, 0.3) is 22.3 Å². The first-order valence-electron chi connectivity index (χ1n) is 10.5. The van der Waals surface area contributed by atoms with Crippen molar-refractivity contribution in [1.29, 1.82) is 0 Å². The van der Waals surface area contributed by atoms with Gasteiger partial charge in [0.25, 0.3) is 0 Å². The zero-order chi connectivity index (χ0) is 23.8. The summed E-state index contributed by atoms with van der Waals surface area (Å²) >= 11 is 0. The van der Waals surface area contributed by atoms with Gasteiger partial charge in [-0.3, -0.25) is 0 Å². The van der Waals surface area contributed by atoms with Gasteiger partial charge in [0.1, 0.15) is 11.6 Å². The summed E-state index contributed by atoms with van der Waals surface area (Å²) in [5.41, 5.74) is 4.24. The zero-order valence-corrected chi connectivity index (χ0v) is 18.5. The van der Waals surface area contributed by atoms with Crippen LogP contribution in [0.1, 0.15) is 18.9 Å². The molecule has 168 valence electrons.